The molecule has 10 heteroatoms. The Morgan fingerprint density at radius 3 is 2.76 bits per heavy atom. The summed E-state index contributed by atoms with van der Waals surface area (Å²) in [6.45, 7) is 9.91. The van der Waals surface area contributed by atoms with E-state index in [1.54, 1.807) is 42.3 Å². The number of nitrogens with zero attached hydrogens (tertiary/aromatic N) is 4. The topological polar surface area (TPSA) is 95.2 Å². The third-order valence-electron chi connectivity index (χ3n) is 5.81. The van der Waals surface area contributed by atoms with Gasteiger partial charge in [0.25, 0.3) is 11.5 Å². The van der Waals surface area contributed by atoms with E-state index >= 15 is 0 Å². The summed E-state index contributed by atoms with van der Waals surface area (Å²) in [6, 6.07) is 9.03. The van der Waals surface area contributed by atoms with Gasteiger partial charge in [-0.05, 0) is 56.2 Å². The lowest BCUT2D eigenvalue weighted by molar-refractivity contribution is -0.137. The van der Waals surface area contributed by atoms with Crippen LogP contribution in [0.25, 0.3) is 10.9 Å². The van der Waals surface area contributed by atoms with E-state index in [1.807, 2.05) is 19.1 Å². The molecule has 0 N–H and O–H groups in total. The number of ether oxygens (including phenoxy) is 3. The summed E-state index contributed by atoms with van der Waals surface area (Å²) in [5.74, 6) is 1.34. The Balaban J connectivity index is 1.65. The van der Waals surface area contributed by atoms with Crippen LogP contribution in [0.4, 0.5) is 0 Å². The Morgan fingerprint density at radius 2 is 2.03 bits per heavy atom. The molecule has 1 fully saturated rings. The van der Waals surface area contributed by atoms with E-state index in [2.05, 4.69) is 32.6 Å². The number of hydrogen-bond acceptors (Lipinski definition) is 7. The second kappa shape index (κ2) is 12.2. The summed E-state index contributed by atoms with van der Waals surface area (Å²) in [4.78, 5) is 32.0. The first kappa shape index (κ1) is 26.6. The highest BCUT2D eigenvalue weighted by molar-refractivity contribution is 9.10. The number of carbonyl (C=O) groups excluding carboxylic acids is 1. The average Bonchev–Trinajstić information content (AvgIpc) is 2.89. The zero-order valence-electron chi connectivity index (χ0n) is 20.9. The first-order chi connectivity index (χ1) is 17.9. The molecule has 0 atom stereocenters. The fourth-order valence-electron chi connectivity index (χ4n) is 4.05. The van der Waals surface area contributed by atoms with Gasteiger partial charge in [-0.1, -0.05) is 22.0 Å². The van der Waals surface area contributed by atoms with Gasteiger partial charge in [-0.3, -0.25) is 9.59 Å². The molecule has 194 valence electrons. The Kier molecular flexibility index (Phi) is 8.73. The first-order valence-electron chi connectivity index (χ1n) is 12.0. The number of fused-ring (bicyclic) bond motifs is 1. The zero-order valence-corrected chi connectivity index (χ0v) is 22.5. The molecule has 0 spiro atoms. The van der Waals surface area contributed by atoms with Crippen LogP contribution in [0.15, 0.2) is 57.4 Å². The number of allylic oxidation sites excluding steroid dienone is 1. The van der Waals surface area contributed by atoms with Crippen LogP contribution in [0.2, 0.25) is 0 Å². The molecular weight excluding hydrogens is 540 g/mol. The van der Waals surface area contributed by atoms with Gasteiger partial charge < -0.3 is 19.1 Å². The molecule has 3 aromatic rings. The van der Waals surface area contributed by atoms with Gasteiger partial charge in [0.15, 0.2) is 18.1 Å². The lowest BCUT2D eigenvalue weighted by atomic mass is 10.1. The second-order valence-corrected chi connectivity index (χ2v) is 9.31. The molecule has 1 amide bonds. The first-order valence-corrected chi connectivity index (χ1v) is 12.8. The van der Waals surface area contributed by atoms with Crippen molar-refractivity contribution < 1.29 is 19.0 Å². The van der Waals surface area contributed by atoms with Gasteiger partial charge in [-0.15, -0.1) is 6.58 Å². The molecule has 0 aliphatic carbocycles. The summed E-state index contributed by atoms with van der Waals surface area (Å²) < 4.78 is 19.2. The lowest BCUT2D eigenvalue weighted by Gasteiger charge is -2.27. The highest BCUT2D eigenvalue weighted by Crippen LogP contribution is 2.34. The zero-order chi connectivity index (χ0) is 26.4. The van der Waals surface area contributed by atoms with Crippen molar-refractivity contribution >= 4 is 39.0 Å². The summed E-state index contributed by atoms with van der Waals surface area (Å²) in [6.07, 6.45) is 3.83. The molecule has 0 bridgehead atoms. The Hall–Kier alpha value is -3.50. The minimum absolute atomic E-state index is 0.105. The van der Waals surface area contributed by atoms with Gasteiger partial charge in [0, 0.05) is 23.1 Å². The third kappa shape index (κ3) is 6.26. The number of morpholine rings is 1. The second-order valence-electron chi connectivity index (χ2n) is 8.40. The fourth-order valence-corrected chi connectivity index (χ4v) is 4.41. The highest BCUT2D eigenvalue weighted by Gasteiger charge is 2.20. The summed E-state index contributed by atoms with van der Waals surface area (Å²) in [7, 11) is 0. The highest BCUT2D eigenvalue weighted by atomic mass is 79.9. The van der Waals surface area contributed by atoms with Crippen molar-refractivity contribution in [2.45, 2.75) is 20.3 Å². The predicted octanol–water partition coefficient (Wildman–Crippen LogP) is 3.71. The van der Waals surface area contributed by atoms with Crippen molar-refractivity contribution in [2.24, 2.45) is 5.10 Å². The van der Waals surface area contributed by atoms with Crippen LogP contribution in [0.1, 0.15) is 23.9 Å². The number of halogens is 1. The van der Waals surface area contributed by atoms with E-state index in [0.717, 1.165) is 10.0 Å². The molecule has 1 saturated heterocycles. The van der Waals surface area contributed by atoms with E-state index in [-0.39, 0.29) is 18.1 Å². The fraction of sp³-hybridized carbons (Fsp3) is 0.333. The lowest BCUT2D eigenvalue weighted by Crippen LogP contribution is -2.43. The standard InChI is InChI=1S/C27H29BrN4O5/c1-4-6-20-13-19(16-29-32-18(3)30-23-8-7-21(28)15-22(23)27(32)34)14-24(36-5-2)26(20)37-17-25(33)31-9-11-35-12-10-31/h4,7-8,13-16H,1,5-6,9-12,17H2,2-3H3. The van der Waals surface area contributed by atoms with Crippen LogP contribution >= 0.6 is 15.9 Å². The molecule has 0 radical (unpaired) electrons. The third-order valence-corrected chi connectivity index (χ3v) is 6.31. The van der Waals surface area contributed by atoms with Crippen LogP contribution in [-0.2, 0) is 16.0 Å². The normalized spacial score (nSPS) is 13.8. The number of benzene rings is 2. The molecule has 0 unspecified atom stereocenters. The quantitative estimate of drug-likeness (QED) is 0.288. The SMILES string of the molecule is C=CCc1cc(C=Nn2c(C)nc3ccc(Br)cc3c2=O)cc(OCC)c1OCC(=O)N1CCOCC1. The summed E-state index contributed by atoms with van der Waals surface area (Å²) in [5, 5.41) is 4.90. The monoisotopic (exact) mass is 568 g/mol. The number of aryl methyl sites for hydroxylation is 1. The molecule has 1 aromatic heterocycles. The maximum absolute atomic E-state index is 13.1. The molecular formula is C27H29BrN4O5. The van der Waals surface area contributed by atoms with Crippen molar-refractivity contribution in [2.75, 3.05) is 39.5 Å². The number of aromatic nitrogens is 2. The maximum Gasteiger partial charge on any atom is 0.282 e. The number of carbonyl (C=O) groups is 1. The minimum Gasteiger partial charge on any atom is -0.490 e. The summed E-state index contributed by atoms with van der Waals surface area (Å²) in [5.41, 5.74) is 1.84. The number of rotatable bonds is 9. The molecule has 0 saturated carbocycles. The van der Waals surface area contributed by atoms with E-state index < -0.39 is 0 Å². The number of hydrogen-bond donors (Lipinski definition) is 0. The van der Waals surface area contributed by atoms with Gasteiger partial charge in [0.2, 0.25) is 0 Å². The van der Waals surface area contributed by atoms with Gasteiger partial charge in [0.05, 0.1) is 36.9 Å². The van der Waals surface area contributed by atoms with Crippen LogP contribution in [0, 0.1) is 6.92 Å². The molecule has 2 aromatic carbocycles. The van der Waals surface area contributed by atoms with Gasteiger partial charge in [0.1, 0.15) is 5.82 Å². The van der Waals surface area contributed by atoms with Crippen LogP contribution < -0.4 is 15.0 Å². The Morgan fingerprint density at radius 1 is 1.24 bits per heavy atom. The van der Waals surface area contributed by atoms with Crippen molar-refractivity contribution in [1.29, 1.82) is 0 Å². The molecule has 2 heterocycles. The van der Waals surface area contributed by atoms with Gasteiger partial charge in [-0.2, -0.15) is 9.78 Å². The van der Waals surface area contributed by atoms with Crippen LogP contribution in [0.5, 0.6) is 11.5 Å². The Labute approximate surface area is 223 Å². The maximum atomic E-state index is 13.1. The largest absolute Gasteiger partial charge is 0.490 e. The van der Waals surface area contributed by atoms with Crippen molar-refractivity contribution in [3.05, 3.63) is 74.8 Å². The van der Waals surface area contributed by atoms with Crippen LogP contribution in [0.3, 0.4) is 0 Å². The van der Waals surface area contributed by atoms with E-state index in [4.69, 9.17) is 14.2 Å². The van der Waals surface area contributed by atoms with E-state index in [9.17, 15) is 9.59 Å². The molecule has 37 heavy (non-hydrogen) atoms. The summed E-state index contributed by atoms with van der Waals surface area (Å²) >= 11 is 3.40. The van der Waals surface area contributed by atoms with Crippen molar-refractivity contribution in [1.82, 2.24) is 14.6 Å². The van der Waals surface area contributed by atoms with E-state index in [0.29, 0.717) is 73.1 Å². The molecule has 4 rings (SSSR count). The van der Waals surface area contributed by atoms with Gasteiger partial charge in [-0.25, -0.2) is 4.98 Å². The van der Waals surface area contributed by atoms with Crippen molar-refractivity contribution in [3.63, 3.8) is 0 Å². The molecule has 1 aliphatic heterocycles. The van der Waals surface area contributed by atoms with Crippen LogP contribution in [-0.4, -0.2) is 66.2 Å². The minimum atomic E-state index is -0.266. The van der Waals surface area contributed by atoms with Crippen molar-refractivity contribution in [3.8, 4) is 11.5 Å². The molecule has 9 nitrogen and oxygen atoms in total. The molecule has 1 aliphatic rings. The average molecular weight is 569 g/mol. The number of amides is 1. The van der Waals surface area contributed by atoms with Gasteiger partial charge >= 0.3 is 0 Å². The predicted molar refractivity (Wildman–Crippen MR) is 146 cm³/mol. The Bertz CT molecular complexity index is 1400. The van der Waals surface area contributed by atoms with E-state index in [1.165, 1.54) is 4.68 Å². The smallest absolute Gasteiger partial charge is 0.282 e.